The molecule has 5 rings (SSSR count). The number of rotatable bonds is 7. The number of nitrogens with two attached hydrogens (primary N) is 1. The minimum absolute atomic E-state index is 0.0262. The average molecular weight is 590 g/mol. The molecule has 2 aliphatic rings. The van der Waals surface area contributed by atoms with Crippen molar-refractivity contribution >= 4 is 23.7 Å². The number of benzene rings is 1. The van der Waals surface area contributed by atoms with Crippen LogP contribution in [0.15, 0.2) is 36.5 Å². The number of carbonyl (C=O) groups is 2. The van der Waals surface area contributed by atoms with Crippen molar-refractivity contribution in [1.82, 2.24) is 25.1 Å². The van der Waals surface area contributed by atoms with Gasteiger partial charge in [-0.25, -0.2) is 9.48 Å². The third-order valence-electron chi connectivity index (χ3n) is 7.75. The van der Waals surface area contributed by atoms with E-state index in [1.807, 2.05) is 4.90 Å². The summed E-state index contributed by atoms with van der Waals surface area (Å²) in [6.07, 6.45) is -4.05. The van der Waals surface area contributed by atoms with Gasteiger partial charge in [0.05, 0.1) is 24.1 Å². The molecule has 4 N–H and O–H groups in total. The molecule has 15 heteroatoms. The van der Waals surface area contributed by atoms with Crippen LogP contribution < -0.4 is 20.7 Å². The maximum Gasteiger partial charge on any atom is 0.429 e. The van der Waals surface area contributed by atoms with E-state index in [9.17, 15) is 27.9 Å². The number of aromatic nitrogens is 4. The monoisotopic (exact) mass is 589 g/mol. The maximum absolute atomic E-state index is 14.6. The Morgan fingerprint density at radius 1 is 1.19 bits per heavy atom. The summed E-state index contributed by atoms with van der Waals surface area (Å²) in [5.74, 6) is -1.95. The molecule has 224 valence electrons. The van der Waals surface area contributed by atoms with E-state index in [1.165, 1.54) is 36.2 Å². The lowest BCUT2D eigenvalue weighted by Crippen LogP contribution is -2.41. The van der Waals surface area contributed by atoms with Crippen molar-refractivity contribution in [3.63, 3.8) is 0 Å². The third kappa shape index (κ3) is 5.95. The fraction of sp³-hybridized carbons (Fsp3) is 0.444. The number of aliphatic carboxylic acids is 1. The number of esters is 1. The molecule has 2 saturated heterocycles. The van der Waals surface area contributed by atoms with Crippen molar-refractivity contribution in [2.45, 2.75) is 44.5 Å². The summed E-state index contributed by atoms with van der Waals surface area (Å²) < 4.78 is 55.1. The number of alkyl halides is 3. The van der Waals surface area contributed by atoms with Crippen LogP contribution in [0.2, 0.25) is 0 Å². The predicted octanol–water partition coefficient (Wildman–Crippen LogP) is 3.06. The van der Waals surface area contributed by atoms with E-state index in [4.69, 9.17) is 15.2 Å². The standard InChI is InChI=1S/C27H30F3N7O5/c1-15-5-8-37(35-15)19-11-16(24(40)41-2)3-4-17(19)22(27(28,29)30)42-21-12-20(33-25(31)34-21)36-9-6-26(7-10-36)13-18(23(38)39)32-14-26/h3-5,8,11-12,18,22,32H,6-7,9-10,13-14H2,1-2H3,(H,38,39)(H2,31,33,34)/t18-,22+/m0/s1. The smallest absolute Gasteiger partial charge is 0.429 e. The summed E-state index contributed by atoms with van der Waals surface area (Å²) in [4.78, 5) is 33.6. The van der Waals surface area contributed by atoms with Crippen molar-refractivity contribution in [1.29, 1.82) is 0 Å². The van der Waals surface area contributed by atoms with E-state index in [0.29, 0.717) is 50.4 Å². The topological polar surface area (TPSA) is 158 Å². The van der Waals surface area contributed by atoms with E-state index < -0.39 is 30.3 Å². The van der Waals surface area contributed by atoms with Gasteiger partial charge in [-0.05, 0) is 49.8 Å². The Kier molecular flexibility index (Phi) is 7.70. The van der Waals surface area contributed by atoms with Crippen molar-refractivity contribution in [3.8, 4) is 11.6 Å². The Labute approximate surface area is 238 Å². The maximum atomic E-state index is 14.6. The SMILES string of the molecule is COC(=O)c1ccc([C@@H](Oc2cc(N3CCC4(CC3)CN[C@H](C(=O)O)C4)nc(N)n2)C(F)(F)F)c(-n2ccc(C)n2)c1. The van der Waals surface area contributed by atoms with Crippen molar-refractivity contribution in [2.24, 2.45) is 5.41 Å². The second-order valence-electron chi connectivity index (χ2n) is 10.6. The normalized spacial score (nSPS) is 19.1. The zero-order valence-electron chi connectivity index (χ0n) is 22.9. The first-order valence-electron chi connectivity index (χ1n) is 13.2. The first-order chi connectivity index (χ1) is 19.9. The number of aryl methyl sites for hydroxylation is 1. The highest BCUT2D eigenvalue weighted by atomic mass is 19.4. The highest BCUT2D eigenvalue weighted by Gasteiger charge is 2.46. The molecule has 0 bridgehead atoms. The molecule has 4 heterocycles. The van der Waals surface area contributed by atoms with E-state index in [1.54, 1.807) is 13.0 Å². The molecule has 0 unspecified atom stereocenters. The van der Waals surface area contributed by atoms with Gasteiger partial charge in [0.25, 0.3) is 0 Å². The molecule has 2 atom stereocenters. The predicted molar refractivity (Wildman–Crippen MR) is 143 cm³/mol. The molecule has 0 saturated carbocycles. The molecule has 42 heavy (non-hydrogen) atoms. The van der Waals surface area contributed by atoms with Crippen molar-refractivity contribution in [2.75, 3.05) is 37.4 Å². The number of nitrogens with zero attached hydrogens (tertiary/aromatic N) is 5. The molecular weight excluding hydrogens is 559 g/mol. The lowest BCUT2D eigenvalue weighted by atomic mass is 9.76. The van der Waals surface area contributed by atoms with Crippen LogP contribution in [-0.4, -0.2) is 75.8 Å². The van der Waals surface area contributed by atoms with E-state index in [2.05, 4.69) is 20.4 Å². The fourth-order valence-electron chi connectivity index (χ4n) is 5.52. The largest absolute Gasteiger partial charge is 0.480 e. The van der Waals surface area contributed by atoms with Gasteiger partial charge in [-0.1, -0.05) is 6.07 Å². The van der Waals surface area contributed by atoms with Crippen LogP contribution in [0.1, 0.15) is 47.0 Å². The second kappa shape index (κ2) is 11.1. The molecule has 1 aromatic carbocycles. The quantitative estimate of drug-likeness (QED) is 0.348. The van der Waals surface area contributed by atoms with Gasteiger partial charge in [0, 0.05) is 37.5 Å². The lowest BCUT2D eigenvalue weighted by molar-refractivity contribution is -0.198. The molecule has 0 aliphatic carbocycles. The van der Waals surface area contributed by atoms with Gasteiger partial charge in [0.1, 0.15) is 11.9 Å². The number of methoxy groups -OCH3 is 1. The van der Waals surface area contributed by atoms with Gasteiger partial charge in [0.15, 0.2) is 0 Å². The zero-order chi connectivity index (χ0) is 30.2. The van der Waals surface area contributed by atoms with Crippen LogP contribution in [0, 0.1) is 12.3 Å². The first-order valence-corrected chi connectivity index (χ1v) is 13.2. The van der Waals surface area contributed by atoms with Crippen LogP contribution in [0.4, 0.5) is 24.9 Å². The summed E-state index contributed by atoms with van der Waals surface area (Å²) in [5.41, 5.74) is 5.98. The number of carbonyl (C=O) groups excluding carboxylic acids is 1. The Morgan fingerprint density at radius 3 is 2.52 bits per heavy atom. The van der Waals surface area contributed by atoms with Crippen LogP contribution in [-0.2, 0) is 9.53 Å². The minimum Gasteiger partial charge on any atom is -0.480 e. The number of carboxylic acids is 1. The van der Waals surface area contributed by atoms with Crippen LogP contribution in [0.5, 0.6) is 5.88 Å². The van der Waals surface area contributed by atoms with Gasteiger partial charge in [0.2, 0.25) is 17.9 Å². The van der Waals surface area contributed by atoms with Gasteiger partial charge >= 0.3 is 18.1 Å². The van der Waals surface area contributed by atoms with E-state index in [-0.39, 0.29) is 34.1 Å². The van der Waals surface area contributed by atoms with Gasteiger partial charge in [-0.15, -0.1) is 0 Å². The average Bonchev–Trinajstić information content (AvgIpc) is 3.57. The first kappa shape index (κ1) is 29.1. The number of hydrogen-bond donors (Lipinski definition) is 3. The number of nitrogens with one attached hydrogen (secondary N) is 1. The summed E-state index contributed by atoms with van der Waals surface area (Å²) in [6, 6.07) is 5.95. The number of carboxylic acid groups (broad SMARTS) is 1. The molecular formula is C27H30F3N7O5. The van der Waals surface area contributed by atoms with E-state index >= 15 is 0 Å². The molecule has 0 amide bonds. The number of halogens is 3. The molecule has 0 radical (unpaired) electrons. The second-order valence-corrected chi connectivity index (χ2v) is 10.6. The Hall–Kier alpha value is -4.40. The summed E-state index contributed by atoms with van der Waals surface area (Å²) >= 11 is 0. The number of piperidine rings is 1. The third-order valence-corrected chi connectivity index (χ3v) is 7.75. The van der Waals surface area contributed by atoms with Crippen LogP contribution >= 0.6 is 0 Å². The Bertz CT molecular complexity index is 1490. The molecule has 12 nitrogen and oxygen atoms in total. The number of hydrogen-bond acceptors (Lipinski definition) is 10. The number of nitrogen functional groups attached to an aromatic ring is 1. The molecule has 2 aliphatic heterocycles. The number of anilines is 2. The highest BCUT2D eigenvalue weighted by molar-refractivity contribution is 5.90. The molecule has 2 aromatic heterocycles. The van der Waals surface area contributed by atoms with Crippen molar-refractivity contribution < 1.29 is 37.3 Å². The minimum atomic E-state index is -4.89. The molecule has 2 fully saturated rings. The summed E-state index contributed by atoms with van der Waals surface area (Å²) in [7, 11) is 1.17. The lowest BCUT2D eigenvalue weighted by Gasteiger charge is -2.39. The van der Waals surface area contributed by atoms with E-state index in [0.717, 1.165) is 6.07 Å². The van der Waals surface area contributed by atoms with Crippen LogP contribution in [0.25, 0.3) is 5.69 Å². The highest BCUT2D eigenvalue weighted by Crippen LogP contribution is 2.42. The molecule has 1 spiro atoms. The Morgan fingerprint density at radius 2 is 1.93 bits per heavy atom. The fourth-order valence-corrected chi connectivity index (χ4v) is 5.52. The van der Waals surface area contributed by atoms with Crippen molar-refractivity contribution in [3.05, 3.63) is 53.3 Å². The Balaban J connectivity index is 1.43. The summed E-state index contributed by atoms with van der Waals surface area (Å²) in [6.45, 7) is 3.27. The van der Waals surface area contributed by atoms with Gasteiger partial charge in [-0.3, -0.25) is 4.79 Å². The van der Waals surface area contributed by atoms with Gasteiger partial charge in [-0.2, -0.15) is 28.2 Å². The van der Waals surface area contributed by atoms with Gasteiger partial charge < -0.3 is 30.5 Å². The molecule has 3 aromatic rings. The number of ether oxygens (including phenoxy) is 2. The van der Waals surface area contributed by atoms with Crippen LogP contribution in [0.3, 0.4) is 0 Å². The summed E-state index contributed by atoms with van der Waals surface area (Å²) in [5, 5.41) is 16.6. The zero-order valence-corrected chi connectivity index (χ0v) is 22.9.